The van der Waals surface area contributed by atoms with Crippen LogP contribution in [-0.4, -0.2) is 11.3 Å². The van der Waals surface area contributed by atoms with Crippen molar-refractivity contribution in [2.24, 2.45) is 0 Å². The molecule has 0 saturated heterocycles. The van der Waals surface area contributed by atoms with Gasteiger partial charge in [-0.3, -0.25) is 0 Å². The fraction of sp³-hybridized carbons (Fsp3) is 0.178. The van der Waals surface area contributed by atoms with Crippen LogP contribution in [0.3, 0.4) is 0 Å². The Hall–Kier alpha value is -8.34. The summed E-state index contributed by atoms with van der Waals surface area (Å²) in [7, 11) is 0. The molecule has 0 bridgehead atoms. The van der Waals surface area contributed by atoms with E-state index in [0.717, 1.165) is 11.4 Å². The van der Waals surface area contributed by atoms with Gasteiger partial charge in [-0.25, -0.2) is 0 Å². The number of fused-ring (bicyclic) bond motifs is 13. The van der Waals surface area contributed by atoms with Crippen molar-refractivity contribution in [1.29, 1.82) is 0 Å². The molecule has 0 atom stereocenters. The Morgan fingerprint density at radius 1 is 0.442 bits per heavy atom. The molecular formula is C73H62BN3. The van der Waals surface area contributed by atoms with Gasteiger partial charge in [-0.2, -0.15) is 0 Å². The van der Waals surface area contributed by atoms with E-state index in [1.54, 1.807) is 0 Å². The summed E-state index contributed by atoms with van der Waals surface area (Å²) in [6, 6.07) is 80.9. The van der Waals surface area contributed by atoms with Crippen LogP contribution >= 0.6 is 0 Å². The molecule has 10 aromatic carbocycles. The van der Waals surface area contributed by atoms with Gasteiger partial charge in [0, 0.05) is 72.3 Å². The number of benzene rings is 10. The third-order valence-electron chi connectivity index (χ3n) is 18.5. The monoisotopic (exact) mass is 992 g/mol. The molecule has 0 unspecified atom stereocenters. The predicted octanol–water partition coefficient (Wildman–Crippen LogP) is 17.9. The van der Waals surface area contributed by atoms with E-state index in [2.05, 4.69) is 289 Å². The quantitative estimate of drug-likeness (QED) is 0.159. The lowest BCUT2D eigenvalue weighted by atomic mass is 9.43. The molecule has 4 aliphatic rings. The Morgan fingerprint density at radius 2 is 1.03 bits per heavy atom. The molecule has 77 heavy (non-hydrogen) atoms. The summed E-state index contributed by atoms with van der Waals surface area (Å²) in [5.41, 5.74) is 27.5. The van der Waals surface area contributed by atoms with Gasteiger partial charge in [0.1, 0.15) is 0 Å². The number of hydrogen-bond donors (Lipinski definition) is 0. The Balaban J connectivity index is 1.15. The van der Waals surface area contributed by atoms with Crippen LogP contribution in [-0.2, 0) is 21.7 Å². The van der Waals surface area contributed by atoms with Crippen molar-refractivity contribution in [2.45, 2.75) is 84.0 Å². The molecule has 15 rings (SSSR count). The highest BCUT2D eigenvalue weighted by Crippen LogP contribution is 2.60. The largest absolute Gasteiger partial charge is 0.378 e. The number of hydrogen-bond acceptors (Lipinski definition) is 2. The van der Waals surface area contributed by atoms with Crippen molar-refractivity contribution in [3.8, 4) is 33.4 Å². The highest BCUT2D eigenvalue weighted by molar-refractivity contribution is 6.90. The van der Waals surface area contributed by atoms with E-state index in [0.29, 0.717) is 0 Å². The summed E-state index contributed by atoms with van der Waals surface area (Å²) in [6.07, 6.45) is 0. The summed E-state index contributed by atoms with van der Waals surface area (Å²) >= 11 is 0. The summed E-state index contributed by atoms with van der Waals surface area (Å²) in [5, 5.41) is 3.81. The van der Waals surface area contributed by atoms with Crippen molar-refractivity contribution >= 4 is 73.6 Å². The van der Waals surface area contributed by atoms with Gasteiger partial charge in [0.15, 0.2) is 0 Å². The third kappa shape index (κ3) is 6.22. The Labute approximate surface area is 454 Å². The minimum Gasteiger partial charge on any atom is -0.378 e. The SMILES string of the molecule is CC(C)(C)c1ccc(N2c3cc4c(cc3B3c5c2cc2ccccc2c5-c2ccc(N(c5ccccc5)c5ccccc5)c5c6c(n3c25)C(C)(C)c2ccccc2-6)C(C)(C)c2ccccc2C4(C)C)c(-c2ccccc2)c1. The standard InChI is InChI=1S/C73H62BN3/c1-70(2,3)47-37-39-60(53(42-47)45-25-13-10-14-26-45)76-62-44-58-57(71(4,5)55-35-23-24-36-56(55)72(58,6)7)43-59(62)74-67-63(76)41-46-27-19-20-32-50(46)64(67)52-38-40-61(75(48-28-15-11-16-29-48)49-30-17-12-18-31-49)66-65-51-33-21-22-34-54(51)73(8,9)69(65)77(74)68(52)66/h10-44H,1-9H3. The second kappa shape index (κ2) is 15.9. The molecule has 372 valence electrons. The first-order valence-electron chi connectivity index (χ1n) is 27.7. The van der Waals surface area contributed by atoms with E-state index in [9.17, 15) is 0 Å². The maximum atomic E-state index is 2.87. The van der Waals surface area contributed by atoms with Gasteiger partial charge < -0.3 is 14.3 Å². The van der Waals surface area contributed by atoms with Crippen LogP contribution in [0.1, 0.15) is 101 Å². The molecule has 2 aliphatic carbocycles. The number of rotatable bonds is 5. The minimum absolute atomic E-state index is 0.0547. The fourth-order valence-electron chi connectivity index (χ4n) is 14.8. The van der Waals surface area contributed by atoms with E-state index in [-0.39, 0.29) is 28.5 Å². The summed E-state index contributed by atoms with van der Waals surface area (Å²) in [4.78, 5) is 5.20. The second-order valence-corrected chi connectivity index (χ2v) is 24.9. The molecular weight excluding hydrogens is 930 g/mol. The molecule has 0 amide bonds. The summed E-state index contributed by atoms with van der Waals surface area (Å²) in [6.45, 7) is 21.7. The first-order valence-corrected chi connectivity index (χ1v) is 27.7. The molecule has 3 nitrogen and oxygen atoms in total. The molecule has 0 fully saturated rings. The fourth-order valence-corrected chi connectivity index (χ4v) is 14.8. The van der Waals surface area contributed by atoms with E-state index >= 15 is 0 Å². The molecule has 0 N–H and O–H groups in total. The van der Waals surface area contributed by atoms with Crippen LogP contribution in [0.15, 0.2) is 212 Å². The molecule has 2 aliphatic heterocycles. The van der Waals surface area contributed by atoms with Gasteiger partial charge >= 0.3 is 6.85 Å². The lowest BCUT2D eigenvalue weighted by Gasteiger charge is -2.47. The van der Waals surface area contributed by atoms with Crippen molar-refractivity contribution in [1.82, 2.24) is 4.48 Å². The van der Waals surface area contributed by atoms with Gasteiger partial charge in [0.05, 0.1) is 11.4 Å². The first-order chi connectivity index (χ1) is 37.2. The van der Waals surface area contributed by atoms with Gasteiger partial charge in [-0.05, 0) is 132 Å². The average molecular weight is 992 g/mol. The normalized spacial score (nSPS) is 15.6. The molecule has 3 heterocycles. The minimum atomic E-state index is -0.340. The Bertz CT molecular complexity index is 4250. The van der Waals surface area contributed by atoms with Gasteiger partial charge in [0.25, 0.3) is 0 Å². The van der Waals surface area contributed by atoms with Crippen LogP contribution in [0.25, 0.3) is 55.1 Å². The molecule has 0 radical (unpaired) electrons. The molecule has 0 saturated carbocycles. The highest BCUT2D eigenvalue weighted by atomic mass is 15.2. The van der Waals surface area contributed by atoms with E-state index in [1.807, 2.05) is 0 Å². The van der Waals surface area contributed by atoms with Crippen LogP contribution in [0, 0.1) is 0 Å². The zero-order valence-electron chi connectivity index (χ0n) is 45.6. The van der Waals surface area contributed by atoms with Crippen LogP contribution in [0.2, 0.25) is 0 Å². The van der Waals surface area contributed by atoms with Crippen molar-refractivity contribution in [2.75, 3.05) is 9.80 Å². The van der Waals surface area contributed by atoms with Gasteiger partial charge in [-0.15, -0.1) is 0 Å². The summed E-state index contributed by atoms with van der Waals surface area (Å²) < 4.78 is 2.87. The third-order valence-corrected chi connectivity index (χ3v) is 18.5. The topological polar surface area (TPSA) is 11.4 Å². The van der Waals surface area contributed by atoms with E-state index < -0.39 is 0 Å². The number of para-hydroxylation sites is 2. The van der Waals surface area contributed by atoms with Crippen LogP contribution in [0.5, 0.6) is 0 Å². The van der Waals surface area contributed by atoms with Crippen molar-refractivity contribution < 1.29 is 0 Å². The smallest absolute Gasteiger partial charge is 0.332 e. The maximum absolute atomic E-state index is 2.87. The van der Waals surface area contributed by atoms with Gasteiger partial charge in [0.2, 0.25) is 0 Å². The van der Waals surface area contributed by atoms with Crippen molar-refractivity contribution in [3.63, 3.8) is 0 Å². The Kier molecular flexibility index (Phi) is 9.48. The lowest BCUT2D eigenvalue weighted by Crippen LogP contribution is -2.58. The molecule has 1 aromatic heterocycles. The predicted molar refractivity (Wildman–Crippen MR) is 327 cm³/mol. The van der Waals surface area contributed by atoms with Crippen LogP contribution in [0.4, 0.5) is 34.1 Å². The summed E-state index contributed by atoms with van der Waals surface area (Å²) in [5.74, 6) is 0. The number of anilines is 6. The molecule has 4 heteroatoms. The zero-order valence-corrected chi connectivity index (χ0v) is 45.6. The average Bonchev–Trinajstić information content (AvgIpc) is 3.80. The maximum Gasteiger partial charge on any atom is 0.332 e. The van der Waals surface area contributed by atoms with Crippen molar-refractivity contribution in [3.05, 3.63) is 251 Å². The molecule has 11 aromatic rings. The zero-order chi connectivity index (χ0) is 52.5. The van der Waals surface area contributed by atoms with Gasteiger partial charge in [-0.1, -0.05) is 220 Å². The van der Waals surface area contributed by atoms with Crippen LogP contribution < -0.4 is 20.7 Å². The van der Waals surface area contributed by atoms with E-state index in [1.165, 1.54) is 128 Å². The second-order valence-electron chi connectivity index (χ2n) is 24.9. The first kappa shape index (κ1) is 46.0. The number of aromatic nitrogens is 1. The van der Waals surface area contributed by atoms with E-state index in [4.69, 9.17) is 0 Å². The Morgan fingerprint density at radius 3 is 1.69 bits per heavy atom. The highest BCUT2D eigenvalue weighted by Gasteiger charge is 2.52. The number of nitrogens with zero attached hydrogens (tertiary/aromatic N) is 3. The molecule has 0 spiro atoms. The lowest BCUT2D eigenvalue weighted by molar-refractivity contribution is 0.521.